The van der Waals surface area contributed by atoms with Crippen LogP contribution in [0.5, 0.6) is 5.75 Å². The molecule has 0 aromatic heterocycles. The molecule has 0 unspecified atom stereocenters. The average molecular weight is 532 g/mol. The molecular formula is C26H27ClFN3O4S. The highest BCUT2D eigenvalue weighted by Gasteiger charge is 2.30. The first-order valence-electron chi connectivity index (χ1n) is 11.4. The third kappa shape index (κ3) is 5.57. The first-order chi connectivity index (χ1) is 17.2. The lowest BCUT2D eigenvalue weighted by Gasteiger charge is -2.37. The van der Waals surface area contributed by atoms with Crippen molar-refractivity contribution < 1.29 is 22.3 Å². The molecule has 1 amide bonds. The average Bonchev–Trinajstić information content (AvgIpc) is 2.89. The van der Waals surface area contributed by atoms with Crippen molar-refractivity contribution in [3.05, 3.63) is 83.1 Å². The molecule has 0 bridgehead atoms. The molecule has 1 aliphatic rings. The van der Waals surface area contributed by atoms with E-state index >= 15 is 0 Å². The fraction of sp³-hybridized carbons (Fsp3) is 0.269. The molecule has 0 atom stereocenters. The standard InChI is InChI=1S/C26H27ClFN3O4S/c1-19-3-4-20(27)17-25(19)29-13-15-30(16-14-29)26(32)18-31(22-7-9-23(35-2)10-8-22)36(33,34)24-11-5-21(28)6-12-24/h3-12,17H,13-16,18H2,1-2H3. The van der Waals surface area contributed by atoms with Gasteiger partial charge in [-0.3, -0.25) is 9.10 Å². The van der Waals surface area contributed by atoms with Gasteiger partial charge in [0.1, 0.15) is 18.1 Å². The monoisotopic (exact) mass is 531 g/mol. The van der Waals surface area contributed by atoms with E-state index in [0.29, 0.717) is 42.6 Å². The number of aryl methyl sites for hydroxylation is 1. The van der Waals surface area contributed by atoms with Crippen LogP contribution in [0.3, 0.4) is 0 Å². The van der Waals surface area contributed by atoms with Crippen molar-refractivity contribution >= 4 is 38.9 Å². The van der Waals surface area contributed by atoms with E-state index in [1.165, 1.54) is 19.2 Å². The highest BCUT2D eigenvalue weighted by molar-refractivity contribution is 7.92. The molecule has 4 rings (SSSR count). The SMILES string of the molecule is COc1ccc(N(CC(=O)N2CCN(c3cc(Cl)ccc3C)CC2)S(=O)(=O)c2ccc(F)cc2)cc1. The van der Waals surface area contributed by atoms with Crippen LogP contribution in [0.15, 0.2) is 71.6 Å². The molecular weight excluding hydrogens is 505 g/mol. The third-order valence-electron chi connectivity index (χ3n) is 6.19. The van der Waals surface area contributed by atoms with E-state index < -0.39 is 15.8 Å². The number of carbonyl (C=O) groups excluding carboxylic acids is 1. The molecule has 0 radical (unpaired) electrons. The fourth-order valence-corrected chi connectivity index (χ4v) is 5.72. The summed E-state index contributed by atoms with van der Waals surface area (Å²) in [7, 11) is -2.63. The minimum absolute atomic E-state index is 0.103. The zero-order valence-corrected chi connectivity index (χ0v) is 21.6. The van der Waals surface area contributed by atoms with E-state index in [0.717, 1.165) is 27.7 Å². The van der Waals surface area contributed by atoms with E-state index in [2.05, 4.69) is 4.90 Å². The molecule has 1 fully saturated rings. The number of piperazine rings is 1. The lowest BCUT2D eigenvalue weighted by atomic mass is 10.1. The molecule has 7 nitrogen and oxygen atoms in total. The Kier molecular flexibility index (Phi) is 7.70. The molecule has 0 saturated carbocycles. The number of carbonyl (C=O) groups is 1. The van der Waals surface area contributed by atoms with Crippen LogP contribution in [0, 0.1) is 12.7 Å². The molecule has 36 heavy (non-hydrogen) atoms. The largest absolute Gasteiger partial charge is 0.497 e. The van der Waals surface area contributed by atoms with Gasteiger partial charge in [0, 0.05) is 36.9 Å². The number of methoxy groups -OCH3 is 1. The first-order valence-corrected chi connectivity index (χ1v) is 13.2. The van der Waals surface area contributed by atoms with Crippen LogP contribution in [0.1, 0.15) is 5.56 Å². The Balaban J connectivity index is 1.54. The summed E-state index contributed by atoms with van der Waals surface area (Å²) in [4.78, 5) is 17.0. The third-order valence-corrected chi connectivity index (χ3v) is 8.21. The van der Waals surface area contributed by atoms with Gasteiger partial charge in [-0.25, -0.2) is 12.8 Å². The zero-order chi connectivity index (χ0) is 25.9. The normalized spacial score (nSPS) is 14.0. The second-order valence-corrected chi connectivity index (χ2v) is 10.8. The number of anilines is 2. The minimum atomic E-state index is -4.14. The van der Waals surface area contributed by atoms with Gasteiger partial charge >= 0.3 is 0 Å². The molecule has 0 aliphatic carbocycles. The Bertz CT molecular complexity index is 1330. The van der Waals surface area contributed by atoms with E-state index in [1.807, 2.05) is 25.1 Å². The van der Waals surface area contributed by atoms with Crippen molar-refractivity contribution in [2.45, 2.75) is 11.8 Å². The molecule has 1 heterocycles. The van der Waals surface area contributed by atoms with Crippen LogP contribution in [0.2, 0.25) is 5.02 Å². The zero-order valence-electron chi connectivity index (χ0n) is 20.0. The highest BCUT2D eigenvalue weighted by atomic mass is 35.5. The lowest BCUT2D eigenvalue weighted by Crippen LogP contribution is -2.52. The maximum Gasteiger partial charge on any atom is 0.264 e. The summed E-state index contributed by atoms with van der Waals surface area (Å²) in [6, 6.07) is 16.7. The van der Waals surface area contributed by atoms with Crippen molar-refractivity contribution in [1.29, 1.82) is 0 Å². The fourth-order valence-electron chi connectivity index (χ4n) is 4.14. The molecule has 3 aromatic rings. The Labute approximate surface area is 215 Å². The van der Waals surface area contributed by atoms with Gasteiger partial charge < -0.3 is 14.5 Å². The molecule has 190 valence electrons. The van der Waals surface area contributed by atoms with Crippen LogP contribution < -0.4 is 13.9 Å². The van der Waals surface area contributed by atoms with Gasteiger partial charge in [0.15, 0.2) is 0 Å². The van der Waals surface area contributed by atoms with Gasteiger partial charge in [-0.15, -0.1) is 0 Å². The van der Waals surface area contributed by atoms with E-state index in [-0.39, 0.29) is 17.3 Å². The van der Waals surface area contributed by atoms with Crippen LogP contribution in [-0.2, 0) is 14.8 Å². The maximum atomic E-state index is 13.5. The number of ether oxygens (including phenoxy) is 1. The predicted octanol–water partition coefficient (Wildman–Crippen LogP) is 4.34. The Hall–Kier alpha value is -3.30. The van der Waals surface area contributed by atoms with E-state index in [1.54, 1.807) is 29.2 Å². The lowest BCUT2D eigenvalue weighted by molar-refractivity contribution is -0.129. The van der Waals surface area contributed by atoms with Gasteiger partial charge in [-0.2, -0.15) is 0 Å². The maximum absolute atomic E-state index is 13.5. The van der Waals surface area contributed by atoms with Gasteiger partial charge in [0.25, 0.3) is 10.0 Å². The summed E-state index contributed by atoms with van der Waals surface area (Å²) < 4.78 is 46.7. The smallest absolute Gasteiger partial charge is 0.264 e. The number of hydrogen-bond acceptors (Lipinski definition) is 5. The van der Waals surface area contributed by atoms with Gasteiger partial charge in [0.05, 0.1) is 17.7 Å². The Morgan fingerprint density at radius 1 is 1.00 bits per heavy atom. The number of nitrogens with zero attached hydrogens (tertiary/aromatic N) is 3. The quantitative estimate of drug-likeness (QED) is 0.453. The summed E-state index contributed by atoms with van der Waals surface area (Å²) >= 11 is 6.17. The van der Waals surface area contributed by atoms with Crippen LogP contribution in [-0.4, -0.2) is 59.1 Å². The molecule has 1 saturated heterocycles. The number of benzene rings is 3. The summed E-state index contributed by atoms with van der Waals surface area (Å²) in [5.41, 5.74) is 2.42. The summed E-state index contributed by atoms with van der Waals surface area (Å²) in [6.07, 6.45) is 0. The van der Waals surface area contributed by atoms with Gasteiger partial charge in [-0.1, -0.05) is 17.7 Å². The summed E-state index contributed by atoms with van der Waals surface area (Å²) in [5, 5.41) is 0.648. The van der Waals surface area contributed by atoms with Crippen molar-refractivity contribution in [3.8, 4) is 5.75 Å². The van der Waals surface area contributed by atoms with Crippen LogP contribution in [0.25, 0.3) is 0 Å². The summed E-state index contributed by atoms with van der Waals surface area (Å²) in [6.45, 7) is 3.70. The molecule has 10 heteroatoms. The topological polar surface area (TPSA) is 70.2 Å². The number of amides is 1. The van der Waals surface area contributed by atoms with E-state index in [4.69, 9.17) is 16.3 Å². The van der Waals surface area contributed by atoms with Gasteiger partial charge in [-0.05, 0) is 73.2 Å². The second-order valence-electron chi connectivity index (χ2n) is 8.46. The molecule has 0 spiro atoms. The van der Waals surface area contributed by atoms with Crippen LogP contribution in [0.4, 0.5) is 15.8 Å². The molecule has 1 aliphatic heterocycles. The molecule has 0 N–H and O–H groups in total. The highest BCUT2D eigenvalue weighted by Crippen LogP contribution is 2.28. The van der Waals surface area contributed by atoms with Crippen molar-refractivity contribution in [3.63, 3.8) is 0 Å². The Morgan fingerprint density at radius 3 is 2.25 bits per heavy atom. The second kappa shape index (κ2) is 10.8. The number of hydrogen-bond donors (Lipinski definition) is 0. The number of halogens is 2. The minimum Gasteiger partial charge on any atom is -0.497 e. The van der Waals surface area contributed by atoms with Gasteiger partial charge in [0.2, 0.25) is 5.91 Å². The molecule has 3 aromatic carbocycles. The number of rotatable bonds is 7. The summed E-state index contributed by atoms with van der Waals surface area (Å²) in [5.74, 6) is -0.315. The predicted molar refractivity (Wildman–Crippen MR) is 139 cm³/mol. The Morgan fingerprint density at radius 2 is 1.64 bits per heavy atom. The van der Waals surface area contributed by atoms with Crippen molar-refractivity contribution in [2.75, 3.05) is 49.0 Å². The van der Waals surface area contributed by atoms with Crippen molar-refractivity contribution in [1.82, 2.24) is 4.90 Å². The van der Waals surface area contributed by atoms with Crippen LogP contribution >= 0.6 is 11.6 Å². The number of sulfonamides is 1. The van der Waals surface area contributed by atoms with E-state index in [9.17, 15) is 17.6 Å². The van der Waals surface area contributed by atoms with Crippen molar-refractivity contribution in [2.24, 2.45) is 0 Å². The first kappa shape index (κ1) is 25.8.